The van der Waals surface area contributed by atoms with Crippen molar-refractivity contribution in [2.24, 2.45) is 0 Å². The van der Waals surface area contributed by atoms with Gasteiger partial charge in [-0.05, 0) is 46.9 Å². The second-order valence-corrected chi connectivity index (χ2v) is 5.08. The predicted molar refractivity (Wildman–Crippen MR) is 78.7 cm³/mol. The third-order valence-corrected chi connectivity index (χ3v) is 3.30. The molecule has 106 valence electrons. The van der Waals surface area contributed by atoms with Crippen LogP contribution in [-0.2, 0) is 0 Å². The molecule has 0 aliphatic heterocycles. The summed E-state index contributed by atoms with van der Waals surface area (Å²) in [6, 6.07) is 5.88. The van der Waals surface area contributed by atoms with Gasteiger partial charge < -0.3 is 10.2 Å². The highest BCUT2D eigenvalue weighted by atomic mass is 16.6. The van der Waals surface area contributed by atoms with E-state index in [1.165, 1.54) is 0 Å². The molecule has 19 heavy (non-hydrogen) atoms. The Bertz CT molecular complexity index is 433. The van der Waals surface area contributed by atoms with Gasteiger partial charge >= 0.3 is 0 Å². The topological polar surface area (TPSA) is 58.4 Å². The number of hydrogen-bond donors (Lipinski definition) is 1. The summed E-state index contributed by atoms with van der Waals surface area (Å²) in [5, 5.41) is 14.2. The normalized spacial score (nSPS) is 11.1. The van der Waals surface area contributed by atoms with E-state index >= 15 is 0 Å². The van der Waals surface area contributed by atoms with Crippen molar-refractivity contribution in [3.8, 4) is 0 Å². The van der Waals surface area contributed by atoms with Gasteiger partial charge in [0, 0.05) is 18.2 Å². The van der Waals surface area contributed by atoms with Gasteiger partial charge in [-0.15, -0.1) is 0 Å². The molecule has 0 spiro atoms. The number of rotatable bonds is 7. The zero-order chi connectivity index (χ0) is 14.4. The summed E-state index contributed by atoms with van der Waals surface area (Å²) in [6.07, 6.45) is 0.958. The third-order valence-electron chi connectivity index (χ3n) is 3.30. The number of hydrogen-bond acceptors (Lipinski definition) is 4. The molecule has 1 rings (SSSR count). The van der Waals surface area contributed by atoms with E-state index in [0.717, 1.165) is 19.5 Å². The summed E-state index contributed by atoms with van der Waals surface area (Å²) in [5.74, 6) is 0. The molecule has 0 heterocycles. The third kappa shape index (κ3) is 4.52. The van der Waals surface area contributed by atoms with Crippen LogP contribution in [0.2, 0.25) is 0 Å². The lowest BCUT2D eigenvalue weighted by molar-refractivity contribution is -0.384. The second kappa shape index (κ2) is 7.09. The molecule has 0 saturated heterocycles. The van der Waals surface area contributed by atoms with Gasteiger partial charge in [0.15, 0.2) is 0 Å². The number of nitrogens with zero attached hydrogens (tertiary/aromatic N) is 2. The van der Waals surface area contributed by atoms with Gasteiger partial charge in [-0.25, -0.2) is 0 Å². The molecule has 0 aromatic heterocycles. The van der Waals surface area contributed by atoms with Crippen LogP contribution in [0.1, 0.15) is 25.8 Å². The van der Waals surface area contributed by atoms with Gasteiger partial charge in [0.25, 0.3) is 5.69 Å². The molecule has 0 amide bonds. The van der Waals surface area contributed by atoms with E-state index in [-0.39, 0.29) is 10.6 Å². The number of para-hydroxylation sites is 1. The quantitative estimate of drug-likeness (QED) is 0.467. The monoisotopic (exact) mass is 265 g/mol. The van der Waals surface area contributed by atoms with E-state index in [1.807, 2.05) is 6.07 Å². The summed E-state index contributed by atoms with van der Waals surface area (Å²) in [5.41, 5.74) is 1.48. The Kier molecular flexibility index (Phi) is 5.76. The van der Waals surface area contributed by atoms with Crippen molar-refractivity contribution in [3.63, 3.8) is 0 Å². The number of nitro benzene ring substituents is 1. The van der Waals surface area contributed by atoms with Gasteiger partial charge in [0.2, 0.25) is 0 Å². The lowest BCUT2D eigenvalue weighted by Gasteiger charge is -2.20. The Morgan fingerprint density at radius 1 is 1.42 bits per heavy atom. The number of nitro groups is 1. The molecular weight excluding hydrogens is 242 g/mol. The second-order valence-electron chi connectivity index (χ2n) is 5.08. The summed E-state index contributed by atoms with van der Waals surface area (Å²) in [6.45, 7) is 7.78. The number of anilines is 1. The highest BCUT2D eigenvalue weighted by Gasteiger charge is 2.16. The Hall–Kier alpha value is -1.62. The maximum atomic E-state index is 11.0. The van der Waals surface area contributed by atoms with Gasteiger partial charge in [0.05, 0.1) is 4.92 Å². The van der Waals surface area contributed by atoms with Crippen LogP contribution in [0.4, 0.5) is 11.4 Å². The van der Waals surface area contributed by atoms with Crippen LogP contribution in [0.25, 0.3) is 0 Å². The molecule has 0 unspecified atom stereocenters. The summed E-state index contributed by atoms with van der Waals surface area (Å²) in [4.78, 5) is 13.0. The lowest BCUT2D eigenvalue weighted by Crippen LogP contribution is -2.28. The van der Waals surface area contributed by atoms with E-state index in [0.29, 0.717) is 17.3 Å². The standard InChI is InChI=1S/C14H23N3O2/c1-11(2)16(4)10-6-9-15-13-8-5-7-12(3)14(13)17(18)19/h5,7-8,11,15H,6,9-10H2,1-4H3. The van der Waals surface area contributed by atoms with Gasteiger partial charge in [-0.1, -0.05) is 12.1 Å². The van der Waals surface area contributed by atoms with Crippen molar-refractivity contribution >= 4 is 11.4 Å². The molecule has 0 aliphatic carbocycles. The number of nitrogens with one attached hydrogen (secondary N) is 1. The molecule has 0 radical (unpaired) electrons. The van der Waals surface area contributed by atoms with Crippen LogP contribution in [0.5, 0.6) is 0 Å². The molecule has 0 fully saturated rings. The van der Waals surface area contributed by atoms with E-state index < -0.39 is 0 Å². The van der Waals surface area contributed by atoms with Crippen LogP contribution in [-0.4, -0.2) is 36.0 Å². The zero-order valence-electron chi connectivity index (χ0n) is 12.1. The minimum atomic E-state index is -0.322. The van der Waals surface area contributed by atoms with Crippen LogP contribution in [0.3, 0.4) is 0 Å². The zero-order valence-corrected chi connectivity index (χ0v) is 12.1. The first-order valence-corrected chi connectivity index (χ1v) is 6.61. The number of aryl methyl sites for hydroxylation is 1. The maximum absolute atomic E-state index is 11.0. The molecule has 0 aliphatic rings. The van der Waals surface area contributed by atoms with Crippen LogP contribution in [0, 0.1) is 17.0 Å². The Morgan fingerprint density at radius 3 is 2.68 bits per heavy atom. The fourth-order valence-corrected chi connectivity index (χ4v) is 1.85. The van der Waals surface area contributed by atoms with Gasteiger partial charge in [-0.3, -0.25) is 10.1 Å². The van der Waals surface area contributed by atoms with Gasteiger partial charge in [-0.2, -0.15) is 0 Å². The Morgan fingerprint density at radius 2 is 2.11 bits per heavy atom. The fourth-order valence-electron chi connectivity index (χ4n) is 1.85. The lowest BCUT2D eigenvalue weighted by atomic mass is 10.1. The molecule has 5 heteroatoms. The summed E-state index contributed by atoms with van der Waals surface area (Å²) in [7, 11) is 2.08. The van der Waals surface area contributed by atoms with E-state index in [1.54, 1.807) is 19.1 Å². The summed E-state index contributed by atoms with van der Waals surface area (Å²) < 4.78 is 0. The largest absolute Gasteiger partial charge is 0.379 e. The van der Waals surface area contributed by atoms with Crippen molar-refractivity contribution in [2.75, 3.05) is 25.5 Å². The van der Waals surface area contributed by atoms with Crippen molar-refractivity contribution in [1.29, 1.82) is 0 Å². The molecule has 1 aromatic carbocycles. The van der Waals surface area contributed by atoms with Crippen molar-refractivity contribution in [1.82, 2.24) is 4.90 Å². The van der Waals surface area contributed by atoms with Crippen molar-refractivity contribution in [2.45, 2.75) is 33.2 Å². The SMILES string of the molecule is Cc1cccc(NCCCN(C)C(C)C)c1[N+](=O)[O-]. The molecular formula is C14H23N3O2. The Balaban J connectivity index is 2.54. The predicted octanol–water partition coefficient (Wildman–Crippen LogP) is 3.05. The fraction of sp³-hybridized carbons (Fsp3) is 0.571. The highest BCUT2D eigenvalue weighted by Crippen LogP contribution is 2.27. The summed E-state index contributed by atoms with van der Waals surface area (Å²) >= 11 is 0. The van der Waals surface area contributed by atoms with E-state index in [2.05, 4.69) is 31.1 Å². The average Bonchev–Trinajstić information content (AvgIpc) is 2.33. The van der Waals surface area contributed by atoms with E-state index in [9.17, 15) is 10.1 Å². The van der Waals surface area contributed by atoms with Crippen LogP contribution >= 0.6 is 0 Å². The molecule has 1 aromatic rings. The first-order chi connectivity index (χ1) is 8.93. The van der Waals surface area contributed by atoms with E-state index in [4.69, 9.17) is 0 Å². The highest BCUT2D eigenvalue weighted by molar-refractivity contribution is 5.64. The molecule has 1 N–H and O–H groups in total. The average molecular weight is 265 g/mol. The first kappa shape index (κ1) is 15.4. The Labute approximate surface area is 114 Å². The minimum absolute atomic E-state index is 0.180. The molecule has 0 bridgehead atoms. The van der Waals surface area contributed by atoms with Crippen molar-refractivity contribution in [3.05, 3.63) is 33.9 Å². The van der Waals surface area contributed by atoms with Crippen LogP contribution < -0.4 is 5.32 Å². The first-order valence-electron chi connectivity index (χ1n) is 6.61. The van der Waals surface area contributed by atoms with Gasteiger partial charge in [0.1, 0.15) is 5.69 Å². The smallest absolute Gasteiger partial charge is 0.295 e. The molecule has 5 nitrogen and oxygen atoms in total. The minimum Gasteiger partial charge on any atom is -0.379 e. The molecule has 0 saturated carbocycles. The number of benzene rings is 1. The molecule has 0 atom stereocenters. The van der Waals surface area contributed by atoms with Crippen molar-refractivity contribution < 1.29 is 4.92 Å². The maximum Gasteiger partial charge on any atom is 0.295 e. The van der Waals surface area contributed by atoms with Crippen LogP contribution in [0.15, 0.2) is 18.2 Å².